The van der Waals surface area contributed by atoms with Crippen LogP contribution in [0.15, 0.2) is 24.3 Å². The van der Waals surface area contributed by atoms with Crippen LogP contribution in [0.25, 0.3) is 0 Å². The Kier molecular flexibility index (Phi) is 7.07. The van der Waals surface area contributed by atoms with Gasteiger partial charge in [0.1, 0.15) is 12.2 Å². The first kappa shape index (κ1) is 19.8. The highest BCUT2D eigenvalue weighted by atomic mass is 16.6. The van der Waals surface area contributed by atoms with Crippen LogP contribution in [0.4, 0.5) is 15.3 Å². The van der Waals surface area contributed by atoms with Crippen molar-refractivity contribution in [3.63, 3.8) is 0 Å². The summed E-state index contributed by atoms with van der Waals surface area (Å²) in [5.41, 5.74) is 1.31. The van der Waals surface area contributed by atoms with E-state index in [-0.39, 0.29) is 12.6 Å². The molecule has 6 nitrogen and oxygen atoms in total. The van der Waals surface area contributed by atoms with Crippen LogP contribution in [-0.4, -0.2) is 42.4 Å². The minimum atomic E-state index is -0.562. The smallest absolute Gasteiger partial charge is 0.411 e. The van der Waals surface area contributed by atoms with E-state index in [9.17, 15) is 9.59 Å². The highest BCUT2D eigenvalue weighted by Gasteiger charge is 2.23. The second-order valence-corrected chi connectivity index (χ2v) is 6.71. The monoisotopic (exact) mass is 336 g/mol. The average Bonchev–Trinajstić information content (AvgIpc) is 2.51. The Hall–Kier alpha value is -2.24. The van der Waals surface area contributed by atoms with E-state index in [0.29, 0.717) is 5.69 Å². The van der Waals surface area contributed by atoms with Crippen LogP contribution in [0.3, 0.4) is 0 Å². The van der Waals surface area contributed by atoms with E-state index >= 15 is 0 Å². The lowest BCUT2D eigenvalue weighted by Crippen LogP contribution is -2.42. The molecule has 0 heterocycles. The van der Waals surface area contributed by atoms with Gasteiger partial charge in [0.05, 0.1) is 6.04 Å². The van der Waals surface area contributed by atoms with Crippen molar-refractivity contribution in [2.45, 2.75) is 52.7 Å². The molecule has 1 rings (SSSR count). The van der Waals surface area contributed by atoms with Crippen LogP contribution in [0, 0.1) is 0 Å². The number of carbonyl (C=O) groups excluding carboxylic acids is 2. The van der Waals surface area contributed by atoms with Gasteiger partial charge in [-0.15, -0.1) is 0 Å². The number of likely N-dealkylation sites (N-methyl/N-ethyl adjacent to an activating group) is 1. The fourth-order valence-electron chi connectivity index (χ4n) is 1.80. The molecule has 1 N–H and O–H groups in total. The van der Waals surface area contributed by atoms with Gasteiger partial charge in [0.15, 0.2) is 0 Å². The molecule has 24 heavy (non-hydrogen) atoms. The number of nitrogens with zero attached hydrogens (tertiary/aromatic N) is 1. The van der Waals surface area contributed by atoms with E-state index in [1.165, 1.54) is 10.5 Å². The van der Waals surface area contributed by atoms with Gasteiger partial charge >= 0.3 is 12.2 Å². The molecule has 0 saturated carbocycles. The standard InChI is InChI=1S/C18H28N2O4/c1-7-14-8-10-15(11-9-14)19-16(21)23-12-13(2)20(6)17(22)24-18(3,4)5/h8-11,13H,7,12H2,1-6H3,(H,19,21)/t13-/m0/s1. The van der Waals surface area contributed by atoms with Crippen LogP contribution >= 0.6 is 0 Å². The van der Waals surface area contributed by atoms with Crippen LogP contribution in [0.5, 0.6) is 0 Å². The van der Waals surface area contributed by atoms with Gasteiger partial charge in [-0.25, -0.2) is 9.59 Å². The molecule has 2 amide bonds. The molecule has 1 aromatic carbocycles. The maximum atomic E-state index is 11.9. The van der Waals surface area contributed by atoms with E-state index in [2.05, 4.69) is 12.2 Å². The number of anilines is 1. The van der Waals surface area contributed by atoms with E-state index in [1.54, 1.807) is 34.7 Å². The molecule has 0 aromatic heterocycles. The Morgan fingerprint density at radius 3 is 2.29 bits per heavy atom. The molecule has 0 aliphatic carbocycles. The van der Waals surface area contributed by atoms with Crippen molar-refractivity contribution >= 4 is 17.9 Å². The van der Waals surface area contributed by atoms with E-state index in [0.717, 1.165) is 6.42 Å². The first-order valence-corrected chi connectivity index (χ1v) is 8.11. The van der Waals surface area contributed by atoms with Crippen LogP contribution in [-0.2, 0) is 15.9 Å². The third-order valence-corrected chi connectivity index (χ3v) is 3.41. The minimum Gasteiger partial charge on any atom is -0.447 e. The van der Waals surface area contributed by atoms with Crippen molar-refractivity contribution < 1.29 is 19.1 Å². The second-order valence-electron chi connectivity index (χ2n) is 6.71. The van der Waals surface area contributed by atoms with Crippen molar-refractivity contribution in [2.75, 3.05) is 19.0 Å². The van der Waals surface area contributed by atoms with Crippen molar-refractivity contribution in [3.8, 4) is 0 Å². The number of amides is 2. The maximum absolute atomic E-state index is 11.9. The number of hydrogen-bond donors (Lipinski definition) is 1. The van der Waals surface area contributed by atoms with Gasteiger partial charge in [0.25, 0.3) is 0 Å². The summed E-state index contributed by atoms with van der Waals surface area (Å²) in [7, 11) is 1.61. The number of rotatable bonds is 5. The zero-order valence-corrected chi connectivity index (χ0v) is 15.4. The van der Waals surface area contributed by atoms with Crippen LogP contribution < -0.4 is 5.32 Å². The van der Waals surface area contributed by atoms with Gasteiger partial charge in [0, 0.05) is 12.7 Å². The molecule has 0 unspecified atom stereocenters. The summed E-state index contributed by atoms with van der Waals surface area (Å²) >= 11 is 0. The molecule has 1 atom stereocenters. The number of nitrogens with one attached hydrogen (secondary N) is 1. The zero-order chi connectivity index (χ0) is 18.3. The Morgan fingerprint density at radius 2 is 1.79 bits per heavy atom. The third-order valence-electron chi connectivity index (χ3n) is 3.41. The molecule has 0 spiro atoms. The number of aryl methyl sites for hydroxylation is 1. The topological polar surface area (TPSA) is 67.9 Å². The Labute approximate surface area is 144 Å². The largest absolute Gasteiger partial charge is 0.447 e. The molecule has 0 radical (unpaired) electrons. The number of ether oxygens (including phenoxy) is 2. The summed E-state index contributed by atoms with van der Waals surface area (Å²) in [5, 5.41) is 2.66. The Bertz CT molecular complexity index is 549. The molecule has 0 bridgehead atoms. The van der Waals surface area contributed by atoms with Gasteiger partial charge in [-0.05, 0) is 51.8 Å². The molecule has 0 fully saturated rings. The molecule has 134 valence electrons. The maximum Gasteiger partial charge on any atom is 0.411 e. The molecule has 6 heteroatoms. The van der Waals surface area contributed by atoms with Gasteiger partial charge in [0.2, 0.25) is 0 Å². The van der Waals surface area contributed by atoms with Crippen molar-refractivity contribution in [1.82, 2.24) is 4.90 Å². The summed E-state index contributed by atoms with van der Waals surface area (Å²) in [6.07, 6.45) is -0.0583. The van der Waals surface area contributed by atoms with Crippen molar-refractivity contribution in [1.29, 1.82) is 0 Å². The third kappa shape index (κ3) is 6.89. The van der Waals surface area contributed by atoms with Crippen molar-refractivity contribution in [3.05, 3.63) is 29.8 Å². The number of carbonyl (C=O) groups is 2. The second kappa shape index (κ2) is 8.57. The van der Waals surface area contributed by atoms with E-state index in [4.69, 9.17) is 9.47 Å². The number of benzene rings is 1. The van der Waals surface area contributed by atoms with Gasteiger partial charge in [-0.2, -0.15) is 0 Å². The summed E-state index contributed by atoms with van der Waals surface area (Å²) in [5.74, 6) is 0. The van der Waals surface area contributed by atoms with Crippen LogP contribution in [0.1, 0.15) is 40.2 Å². The summed E-state index contributed by atoms with van der Waals surface area (Å²) in [6, 6.07) is 7.27. The summed E-state index contributed by atoms with van der Waals surface area (Å²) < 4.78 is 10.4. The molecule has 0 aliphatic rings. The Morgan fingerprint density at radius 1 is 1.21 bits per heavy atom. The lowest BCUT2D eigenvalue weighted by molar-refractivity contribution is 0.0172. The first-order valence-electron chi connectivity index (χ1n) is 8.11. The van der Waals surface area contributed by atoms with Crippen LogP contribution in [0.2, 0.25) is 0 Å². The van der Waals surface area contributed by atoms with Gasteiger partial charge in [-0.1, -0.05) is 19.1 Å². The highest BCUT2D eigenvalue weighted by Crippen LogP contribution is 2.12. The first-order chi connectivity index (χ1) is 11.1. The highest BCUT2D eigenvalue weighted by molar-refractivity contribution is 5.84. The fourth-order valence-corrected chi connectivity index (χ4v) is 1.80. The molecular weight excluding hydrogens is 308 g/mol. The molecule has 0 aliphatic heterocycles. The predicted molar refractivity (Wildman–Crippen MR) is 94.2 cm³/mol. The van der Waals surface area contributed by atoms with E-state index < -0.39 is 17.8 Å². The summed E-state index contributed by atoms with van der Waals surface area (Å²) in [6.45, 7) is 9.34. The Balaban J connectivity index is 2.43. The molecule has 0 saturated heterocycles. The SMILES string of the molecule is CCc1ccc(NC(=O)OC[C@H](C)N(C)C(=O)OC(C)(C)C)cc1. The molecular formula is C18H28N2O4. The van der Waals surface area contributed by atoms with Gasteiger partial charge in [-0.3, -0.25) is 5.32 Å². The lowest BCUT2D eigenvalue weighted by atomic mass is 10.1. The normalized spacial score (nSPS) is 12.2. The fraction of sp³-hybridized carbons (Fsp3) is 0.556. The minimum absolute atomic E-state index is 0.0780. The van der Waals surface area contributed by atoms with Crippen molar-refractivity contribution in [2.24, 2.45) is 0 Å². The number of hydrogen-bond acceptors (Lipinski definition) is 4. The van der Waals surface area contributed by atoms with Gasteiger partial charge < -0.3 is 14.4 Å². The quantitative estimate of drug-likeness (QED) is 0.880. The average molecular weight is 336 g/mol. The van der Waals surface area contributed by atoms with E-state index in [1.807, 2.05) is 24.3 Å². The molecule has 1 aromatic rings. The predicted octanol–water partition coefficient (Wildman–Crippen LogP) is 4.05. The zero-order valence-electron chi connectivity index (χ0n) is 15.4. The summed E-state index contributed by atoms with van der Waals surface area (Å²) in [4.78, 5) is 25.2. The lowest BCUT2D eigenvalue weighted by Gasteiger charge is -2.28.